The fraction of sp³-hybridized carbons (Fsp3) is 0.250. The van der Waals surface area contributed by atoms with Gasteiger partial charge in [-0.25, -0.2) is 8.42 Å². The van der Waals surface area contributed by atoms with E-state index in [1.807, 2.05) is 0 Å². The van der Waals surface area contributed by atoms with Crippen LogP contribution in [-0.4, -0.2) is 39.2 Å². The quantitative estimate of drug-likeness (QED) is 0.196. The third-order valence-corrected chi connectivity index (χ3v) is 10.2. The van der Waals surface area contributed by atoms with Gasteiger partial charge in [-0.3, -0.25) is 20.2 Å². The van der Waals surface area contributed by atoms with E-state index in [-0.39, 0.29) is 22.9 Å². The summed E-state index contributed by atoms with van der Waals surface area (Å²) in [5, 5.41) is 22.1. The van der Waals surface area contributed by atoms with E-state index in [1.54, 1.807) is 12.1 Å². The highest BCUT2D eigenvalue weighted by Crippen LogP contribution is 2.34. The summed E-state index contributed by atoms with van der Waals surface area (Å²) in [5.74, 6) is -0.289. The molecule has 2 aromatic carbocycles. The largest absolute Gasteiger partial charge is 0.282 e. The topological polar surface area (TPSA) is 120 Å². The number of thioether (sulfide) groups is 2. The number of para-hydroxylation sites is 2. The van der Waals surface area contributed by atoms with Crippen molar-refractivity contribution in [1.82, 2.24) is 0 Å². The molecule has 0 amide bonds. The molecule has 0 aliphatic carbocycles. The van der Waals surface area contributed by atoms with Crippen LogP contribution in [-0.2, 0) is 9.84 Å². The van der Waals surface area contributed by atoms with Crippen LogP contribution < -0.4 is 0 Å². The minimum absolute atomic E-state index is 0.145. The third kappa shape index (κ3) is 6.22. The van der Waals surface area contributed by atoms with E-state index < -0.39 is 29.1 Å². The van der Waals surface area contributed by atoms with Gasteiger partial charge in [0.05, 0.1) is 19.6 Å². The van der Waals surface area contributed by atoms with Crippen LogP contribution in [0.1, 0.15) is 0 Å². The summed E-state index contributed by atoms with van der Waals surface area (Å²) in [7, 11) is -4.00. The molecule has 29 heavy (non-hydrogen) atoms. The second-order valence-corrected chi connectivity index (χ2v) is 11.5. The van der Waals surface area contributed by atoms with Crippen molar-refractivity contribution in [3.63, 3.8) is 0 Å². The summed E-state index contributed by atoms with van der Waals surface area (Å²) in [6, 6.07) is 11.8. The number of nitro groups is 2. The Balaban J connectivity index is 2.02. The van der Waals surface area contributed by atoms with Gasteiger partial charge in [-0.05, 0) is 12.1 Å². The summed E-state index contributed by atoms with van der Waals surface area (Å²) >= 11 is 13.9. The van der Waals surface area contributed by atoms with Gasteiger partial charge < -0.3 is 0 Å². The molecule has 13 heteroatoms. The van der Waals surface area contributed by atoms with Gasteiger partial charge in [-0.1, -0.05) is 24.3 Å². The number of hydrogen-bond acceptors (Lipinski definition) is 8. The number of rotatable bonds is 10. The number of halogens is 2. The van der Waals surface area contributed by atoms with Gasteiger partial charge >= 0.3 is 0 Å². The Morgan fingerprint density at radius 3 is 1.48 bits per heavy atom. The molecule has 0 radical (unpaired) electrons. The molecule has 0 fully saturated rings. The second-order valence-electron chi connectivity index (χ2n) is 5.48. The lowest BCUT2D eigenvalue weighted by molar-refractivity contribution is -0.387. The van der Waals surface area contributed by atoms with Crippen LogP contribution in [0.15, 0.2) is 58.3 Å². The lowest BCUT2D eigenvalue weighted by atomic mass is 10.3. The van der Waals surface area contributed by atoms with E-state index in [0.29, 0.717) is 9.79 Å². The maximum Gasteiger partial charge on any atom is 0.282 e. The number of alkyl halides is 2. The van der Waals surface area contributed by atoms with Gasteiger partial charge in [0, 0.05) is 23.6 Å². The molecule has 0 aromatic heterocycles. The summed E-state index contributed by atoms with van der Waals surface area (Å²) in [5.41, 5.74) is -0.290. The molecule has 2 aromatic rings. The average molecular weight is 497 g/mol. The van der Waals surface area contributed by atoms with E-state index in [2.05, 4.69) is 0 Å². The van der Waals surface area contributed by atoms with Crippen molar-refractivity contribution in [2.75, 3.05) is 11.5 Å². The van der Waals surface area contributed by atoms with Crippen LogP contribution >= 0.6 is 46.7 Å². The lowest BCUT2D eigenvalue weighted by Crippen LogP contribution is -2.28. The molecule has 0 bridgehead atoms. The van der Waals surface area contributed by atoms with Gasteiger partial charge in [0.2, 0.25) is 0 Å². The molecule has 2 rings (SSSR count). The maximum absolute atomic E-state index is 12.6. The van der Waals surface area contributed by atoms with Crippen molar-refractivity contribution < 1.29 is 18.3 Å². The second kappa shape index (κ2) is 10.5. The summed E-state index contributed by atoms with van der Waals surface area (Å²) in [4.78, 5) is 21.5. The molecular weight excluding hydrogens is 483 g/mol. The first-order valence-corrected chi connectivity index (χ1v) is 12.3. The van der Waals surface area contributed by atoms with Crippen LogP contribution in [0.4, 0.5) is 11.4 Å². The minimum atomic E-state index is -4.00. The lowest BCUT2D eigenvalue weighted by Gasteiger charge is -2.15. The Hall–Kier alpha value is -1.53. The van der Waals surface area contributed by atoms with E-state index in [9.17, 15) is 28.6 Å². The van der Waals surface area contributed by atoms with Gasteiger partial charge in [-0.15, -0.1) is 46.7 Å². The van der Waals surface area contributed by atoms with Gasteiger partial charge in [0.1, 0.15) is 9.42 Å². The highest BCUT2D eigenvalue weighted by Gasteiger charge is 2.32. The van der Waals surface area contributed by atoms with Gasteiger partial charge in [0.25, 0.3) is 11.4 Å². The summed E-state index contributed by atoms with van der Waals surface area (Å²) in [6.45, 7) is 0. The van der Waals surface area contributed by atoms with Crippen LogP contribution in [0.2, 0.25) is 0 Å². The smallest absolute Gasteiger partial charge is 0.258 e. The Kier molecular flexibility index (Phi) is 8.58. The van der Waals surface area contributed by atoms with Crippen molar-refractivity contribution in [3.8, 4) is 0 Å². The Labute approximate surface area is 185 Å². The van der Waals surface area contributed by atoms with E-state index in [4.69, 9.17) is 23.2 Å². The molecule has 0 aliphatic rings. The van der Waals surface area contributed by atoms with Crippen molar-refractivity contribution in [3.05, 3.63) is 68.8 Å². The van der Waals surface area contributed by atoms with E-state index in [1.165, 1.54) is 36.4 Å². The number of benzene rings is 2. The fourth-order valence-electron chi connectivity index (χ4n) is 2.12. The number of hydrogen-bond donors (Lipinski definition) is 0. The zero-order valence-electron chi connectivity index (χ0n) is 14.5. The Morgan fingerprint density at radius 1 is 0.793 bits per heavy atom. The van der Waals surface area contributed by atoms with Gasteiger partial charge in [-0.2, -0.15) is 0 Å². The predicted molar refractivity (Wildman–Crippen MR) is 116 cm³/mol. The first-order chi connectivity index (χ1) is 13.6. The molecule has 2 atom stereocenters. The zero-order chi connectivity index (χ0) is 21.6. The third-order valence-electron chi connectivity index (χ3n) is 3.58. The number of nitro benzene ring substituents is 2. The molecule has 0 N–H and O–H groups in total. The Bertz CT molecular complexity index is 932. The molecule has 0 aliphatic heterocycles. The number of nitrogens with zero attached hydrogens (tertiary/aromatic N) is 2. The van der Waals surface area contributed by atoms with Crippen molar-refractivity contribution in [1.29, 1.82) is 0 Å². The first kappa shape index (κ1) is 23.7. The molecule has 8 nitrogen and oxygen atoms in total. The molecule has 156 valence electrons. The van der Waals surface area contributed by atoms with Crippen molar-refractivity contribution in [2.24, 2.45) is 0 Å². The minimum Gasteiger partial charge on any atom is -0.258 e. The Morgan fingerprint density at radius 2 is 1.14 bits per heavy atom. The average Bonchev–Trinajstić information content (AvgIpc) is 2.70. The van der Waals surface area contributed by atoms with E-state index in [0.717, 1.165) is 23.5 Å². The standard InChI is InChI=1S/C16H14Cl2N2O6S3/c17-15(9-27-13-7-3-1-5-11(13)19(21)22)29(25,26)16(18)10-28-14-8-4-2-6-12(14)20(23)24/h1-8,15-16H,9-10H2. The number of sulfone groups is 1. The monoisotopic (exact) mass is 496 g/mol. The predicted octanol–water partition coefficient (Wildman–Crippen LogP) is 4.93. The van der Waals surface area contributed by atoms with Crippen molar-refractivity contribution >= 4 is 67.9 Å². The van der Waals surface area contributed by atoms with Crippen LogP contribution in [0.25, 0.3) is 0 Å². The first-order valence-electron chi connectivity index (χ1n) is 7.88. The van der Waals surface area contributed by atoms with Gasteiger partial charge in [0.15, 0.2) is 9.84 Å². The molecular formula is C16H14Cl2N2O6S3. The molecule has 0 spiro atoms. The van der Waals surface area contributed by atoms with Crippen LogP contribution in [0.5, 0.6) is 0 Å². The summed E-state index contributed by atoms with van der Waals surface area (Å²) < 4.78 is 22.3. The molecule has 0 heterocycles. The highest BCUT2D eigenvalue weighted by atomic mass is 35.5. The zero-order valence-corrected chi connectivity index (χ0v) is 18.5. The van der Waals surface area contributed by atoms with E-state index >= 15 is 0 Å². The SMILES string of the molecule is O=[N+]([O-])c1ccccc1SCC(Cl)S(=O)(=O)C(Cl)CSc1ccccc1[N+](=O)[O-]. The van der Waals surface area contributed by atoms with Crippen LogP contribution in [0.3, 0.4) is 0 Å². The normalized spacial score (nSPS) is 13.6. The maximum atomic E-state index is 12.6. The highest BCUT2D eigenvalue weighted by molar-refractivity contribution is 8.03. The summed E-state index contributed by atoms with van der Waals surface area (Å²) in [6.07, 6.45) is 0. The molecule has 0 saturated heterocycles. The van der Waals surface area contributed by atoms with Crippen molar-refractivity contribution in [2.45, 2.75) is 19.2 Å². The molecule has 0 saturated carbocycles. The fourth-order valence-corrected chi connectivity index (χ4v) is 7.20. The van der Waals surface area contributed by atoms with Crippen LogP contribution in [0, 0.1) is 20.2 Å². The molecule has 2 unspecified atom stereocenters.